The summed E-state index contributed by atoms with van der Waals surface area (Å²) in [6.07, 6.45) is 7.83. The lowest BCUT2D eigenvalue weighted by Gasteiger charge is -2.40. The van der Waals surface area contributed by atoms with E-state index in [1.807, 2.05) is 15.5 Å². The monoisotopic (exact) mass is 473 g/mol. The van der Waals surface area contributed by atoms with E-state index in [1.165, 1.54) is 6.42 Å². The van der Waals surface area contributed by atoms with Crippen LogP contribution in [0.5, 0.6) is 0 Å². The zero-order valence-corrected chi connectivity index (χ0v) is 19.6. The summed E-state index contributed by atoms with van der Waals surface area (Å²) in [5.74, 6) is 0.440. The molecule has 5 rings (SSSR count). The van der Waals surface area contributed by atoms with Gasteiger partial charge in [0.05, 0.1) is 23.1 Å². The number of nitrogens with one attached hydrogen (secondary N) is 3. The van der Waals surface area contributed by atoms with Crippen LogP contribution in [-0.4, -0.2) is 51.6 Å². The number of piperidine rings is 1. The number of carbonyl (C=O) groups is 2. The molecule has 3 heterocycles. The molecule has 9 heteroatoms. The van der Waals surface area contributed by atoms with Crippen LogP contribution in [0.2, 0.25) is 5.02 Å². The molecule has 33 heavy (non-hydrogen) atoms. The molecule has 1 saturated carbocycles. The lowest BCUT2D eigenvalue weighted by Crippen LogP contribution is -2.62. The van der Waals surface area contributed by atoms with Crippen molar-refractivity contribution in [2.75, 3.05) is 13.1 Å². The third-order valence-corrected chi connectivity index (χ3v) is 7.81. The molecule has 3 N–H and O–H groups in total. The summed E-state index contributed by atoms with van der Waals surface area (Å²) >= 11 is 6.05. The molecule has 0 bridgehead atoms. The van der Waals surface area contributed by atoms with Gasteiger partial charge in [-0.05, 0) is 56.7 Å². The Bertz CT molecular complexity index is 1090. The number of hydrogen-bond acceptors (Lipinski definition) is 4. The van der Waals surface area contributed by atoms with E-state index in [1.54, 1.807) is 12.1 Å². The molecule has 2 amide bonds. The standard InChI is InChI=1S/C24H32ClN5O3/c25-15-8-9-20-19(14-15)27-24(33)30(20)16-10-12-29(13-11-16)22(31)7-3-6-21-26-18-5-2-1-4-17(18)23(32)28-21/h8-9,14,16-18,21,26H,1-7,10-13H2,(H,27,33)(H,28,32). The van der Waals surface area contributed by atoms with Crippen molar-refractivity contribution in [3.8, 4) is 0 Å². The van der Waals surface area contributed by atoms with Gasteiger partial charge in [-0.2, -0.15) is 0 Å². The van der Waals surface area contributed by atoms with Crippen LogP contribution >= 0.6 is 11.6 Å². The van der Waals surface area contributed by atoms with Gasteiger partial charge in [-0.25, -0.2) is 4.79 Å². The largest absolute Gasteiger partial charge is 0.343 e. The molecule has 1 aromatic carbocycles. The summed E-state index contributed by atoms with van der Waals surface area (Å²) in [6, 6.07) is 5.80. The average Bonchev–Trinajstić information content (AvgIpc) is 3.14. The van der Waals surface area contributed by atoms with Crippen LogP contribution in [0.25, 0.3) is 11.0 Å². The molecule has 8 nitrogen and oxygen atoms in total. The molecule has 3 aliphatic rings. The van der Waals surface area contributed by atoms with Crippen molar-refractivity contribution >= 4 is 34.4 Å². The number of hydrogen-bond donors (Lipinski definition) is 3. The van der Waals surface area contributed by atoms with Crippen molar-refractivity contribution in [2.24, 2.45) is 5.92 Å². The molecular weight excluding hydrogens is 442 g/mol. The number of fused-ring (bicyclic) bond motifs is 2. The molecule has 2 aromatic rings. The van der Waals surface area contributed by atoms with Crippen molar-refractivity contribution in [1.29, 1.82) is 0 Å². The van der Waals surface area contributed by atoms with Gasteiger partial charge in [0.1, 0.15) is 0 Å². The quantitative estimate of drug-likeness (QED) is 0.621. The highest BCUT2D eigenvalue weighted by atomic mass is 35.5. The van der Waals surface area contributed by atoms with Crippen molar-refractivity contribution in [3.63, 3.8) is 0 Å². The molecule has 0 radical (unpaired) electrons. The van der Waals surface area contributed by atoms with E-state index in [2.05, 4.69) is 15.6 Å². The van der Waals surface area contributed by atoms with Crippen molar-refractivity contribution in [2.45, 2.75) is 76.0 Å². The summed E-state index contributed by atoms with van der Waals surface area (Å²) in [6.45, 7) is 1.30. The van der Waals surface area contributed by atoms with E-state index in [0.29, 0.717) is 24.5 Å². The zero-order chi connectivity index (χ0) is 22.9. The third kappa shape index (κ3) is 4.68. The van der Waals surface area contributed by atoms with E-state index in [4.69, 9.17) is 11.6 Å². The average molecular weight is 474 g/mol. The Morgan fingerprint density at radius 3 is 2.70 bits per heavy atom. The smallest absolute Gasteiger partial charge is 0.326 e. The molecule has 1 aromatic heterocycles. The lowest BCUT2D eigenvalue weighted by atomic mass is 9.82. The first kappa shape index (κ1) is 22.5. The maximum absolute atomic E-state index is 12.8. The number of rotatable bonds is 5. The third-order valence-electron chi connectivity index (χ3n) is 7.58. The van der Waals surface area contributed by atoms with Crippen molar-refractivity contribution < 1.29 is 9.59 Å². The summed E-state index contributed by atoms with van der Waals surface area (Å²) in [4.78, 5) is 42.5. The number of carbonyl (C=O) groups excluding carboxylic acids is 2. The summed E-state index contributed by atoms with van der Waals surface area (Å²) < 4.78 is 1.81. The second kappa shape index (κ2) is 9.50. The second-order valence-corrected chi connectivity index (χ2v) is 10.1. The minimum absolute atomic E-state index is 0.0300. The Morgan fingerprint density at radius 2 is 1.88 bits per heavy atom. The molecule has 1 aliphatic carbocycles. The predicted octanol–water partition coefficient (Wildman–Crippen LogP) is 2.92. The lowest BCUT2D eigenvalue weighted by molar-refractivity contribution is -0.132. The van der Waals surface area contributed by atoms with Crippen LogP contribution in [-0.2, 0) is 9.59 Å². The Hall–Kier alpha value is -2.32. The number of likely N-dealkylation sites (tertiary alicyclic amines) is 1. The number of amides is 2. The Kier molecular flexibility index (Phi) is 6.47. The molecule has 3 unspecified atom stereocenters. The fourth-order valence-electron chi connectivity index (χ4n) is 5.83. The normalized spacial score (nSPS) is 26.3. The summed E-state index contributed by atoms with van der Waals surface area (Å²) in [7, 11) is 0. The van der Waals surface area contributed by atoms with Gasteiger partial charge in [-0.1, -0.05) is 24.4 Å². The van der Waals surface area contributed by atoms with Gasteiger partial charge >= 0.3 is 5.69 Å². The van der Waals surface area contributed by atoms with Gasteiger partial charge in [0.15, 0.2) is 0 Å². The Morgan fingerprint density at radius 1 is 1.09 bits per heavy atom. The van der Waals surface area contributed by atoms with Crippen LogP contribution in [0.15, 0.2) is 23.0 Å². The van der Waals surface area contributed by atoms with Crippen molar-refractivity contribution in [3.05, 3.63) is 33.7 Å². The number of aromatic amines is 1. The highest BCUT2D eigenvalue weighted by molar-refractivity contribution is 6.31. The Labute approximate surface area is 198 Å². The SMILES string of the molecule is O=C1NC(CCCC(=O)N2CCC(n3c(=O)[nH]c4cc(Cl)ccc43)CC2)NC2CCCCC12. The molecule has 178 valence electrons. The molecular formula is C24H32ClN5O3. The van der Waals surface area contributed by atoms with E-state index >= 15 is 0 Å². The van der Waals surface area contributed by atoms with Crippen LogP contribution in [0, 0.1) is 5.92 Å². The minimum atomic E-state index is -0.126. The highest BCUT2D eigenvalue weighted by Crippen LogP contribution is 2.28. The number of imidazole rings is 1. The summed E-state index contributed by atoms with van der Waals surface area (Å²) in [5.41, 5.74) is 1.48. The fraction of sp³-hybridized carbons (Fsp3) is 0.625. The fourth-order valence-corrected chi connectivity index (χ4v) is 6.01. The topological polar surface area (TPSA) is 99.2 Å². The number of aromatic nitrogens is 2. The maximum Gasteiger partial charge on any atom is 0.326 e. The van der Waals surface area contributed by atoms with Crippen LogP contribution in [0.1, 0.15) is 63.8 Å². The van der Waals surface area contributed by atoms with Gasteiger partial charge < -0.3 is 15.2 Å². The molecule has 3 atom stereocenters. The molecule has 0 spiro atoms. The van der Waals surface area contributed by atoms with Gasteiger partial charge in [-0.15, -0.1) is 0 Å². The Balaban J connectivity index is 1.10. The first-order chi connectivity index (χ1) is 16.0. The minimum Gasteiger partial charge on any atom is -0.343 e. The van der Waals surface area contributed by atoms with Gasteiger partial charge in [0.25, 0.3) is 0 Å². The number of H-pyrrole nitrogens is 1. The van der Waals surface area contributed by atoms with Crippen LogP contribution in [0.3, 0.4) is 0 Å². The number of nitrogens with zero attached hydrogens (tertiary/aromatic N) is 2. The van der Waals surface area contributed by atoms with Crippen LogP contribution in [0.4, 0.5) is 0 Å². The molecule has 2 aliphatic heterocycles. The van der Waals surface area contributed by atoms with Gasteiger partial charge in [0, 0.05) is 36.6 Å². The first-order valence-corrected chi connectivity index (χ1v) is 12.6. The van der Waals surface area contributed by atoms with E-state index in [0.717, 1.165) is 56.0 Å². The highest BCUT2D eigenvalue weighted by Gasteiger charge is 2.37. The van der Waals surface area contributed by atoms with E-state index < -0.39 is 0 Å². The number of halogens is 1. The number of benzene rings is 1. The van der Waals surface area contributed by atoms with E-state index in [9.17, 15) is 14.4 Å². The zero-order valence-electron chi connectivity index (χ0n) is 18.8. The van der Waals surface area contributed by atoms with Crippen LogP contribution < -0.4 is 16.3 Å². The van der Waals surface area contributed by atoms with Crippen molar-refractivity contribution in [1.82, 2.24) is 25.1 Å². The first-order valence-electron chi connectivity index (χ1n) is 12.2. The van der Waals surface area contributed by atoms with Gasteiger partial charge in [-0.3, -0.25) is 19.5 Å². The maximum atomic E-state index is 12.8. The van der Waals surface area contributed by atoms with E-state index in [-0.39, 0.29) is 41.7 Å². The van der Waals surface area contributed by atoms with Gasteiger partial charge in [0.2, 0.25) is 11.8 Å². The second-order valence-electron chi connectivity index (χ2n) is 9.69. The molecule has 2 saturated heterocycles. The predicted molar refractivity (Wildman–Crippen MR) is 127 cm³/mol. The summed E-state index contributed by atoms with van der Waals surface area (Å²) in [5, 5.41) is 7.27. The molecule has 3 fully saturated rings.